The lowest BCUT2D eigenvalue weighted by Crippen LogP contribution is -2.24. The predicted molar refractivity (Wildman–Crippen MR) is 158 cm³/mol. The summed E-state index contributed by atoms with van der Waals surface area (Å²) in [5.74, 6) is 5.27. The summed E-state index contributed by atoms with van der Waals surface area (Å²) in [4.78, 5) is 0. The van der Waals surface area contributed by atoms with Crippen molar-refractivity contribution in [1.82, 2.24) is 0 Å². The third-order valence-corrected chi connectivity index (χ3v) is 18.3. The maximum atomic E-state index is 2.85. The van der Waals surface area contributed by atoms with Gasteiger partial charge in [-0.1, -0.05) is 89.0 Å². The Kier molecular flexibility index (Phi) is 9.51. The van der Waals surface area contributed by atoms with Crippen molar-refractivity contribution in [2.24, 2.45) is 35.5 Å². The van der Waals surface area contributed by atoms with Crippen LogP contribution in [0.5, 0.6) is 0 Å². The van der Waals surface area contributed by atoms with Gasteiger partial charge in [0, 0.05) is 0 Å². The summed E-state index contributed by atoms with van der Waals surface area (Å²) in [6.07, 6.45) is 20.0. The molecule has 0 radical (unpaired) electrons. The van der Waals surface area contributed by atoms with Gasteiger partial charge in [-0.2, -0.15) is 0 Å². The predicted octanol–water partition coefficient (Wildman–Crippen LogP) is 11.0. The number of hydrogen-bond acceptors (Lipinski definition) is 0. The van der Waals surface area contributed by atoms with Gasteiger partial charge in [0.15, 0.2) is 0 Å². The molecule has 0 nitrogen and oxygen atoms in total. The van der Waals surface area contributed by atoms with E-state index in [0.717, 1.165) is 58.1 Å². The molecule has 2 aliphatic heterocycles. The smallest absolute Gasteiger partial charge is 0.0149 e. The molecule has 2 aliphatic carbocycles. The van der Waals surface area contributed by atoms with Gasteiger partial charge in [0.1, 0.15) is 0 Å². The SMILES string of the molecule is C[C@@H]1CC[C@@H](C)P1C(=CCCC=C(C1[C@@H](C)CC[C@@H]1C)C1[C@@H](C)CC[C@@H]1C)P1[C@H](C)CC[C@H]1C. The monoisotopic (exact) mass is 502 g/mol. The van der Waals surface area contributed by atoms with Gasteiger partial charge in [0.25, 0.3) is 0 Å². The van der Waals surface area contributed by atoms with Crippen LogP contribution in [-0.4, -0.2) is 22.6 Å². The molecule has 0 amide bonds. The Labute approximate surface area is 216 Å². The molecule has 0 aromatic rings. The number of hydrogen-bond donors (Lipinski definition) is 0. The van der Waals surface area contributed by atoms with Gasteiger partial charge < -0.3 is 0 Å². The van der Waals surface area contributed by atoms with Crippen molar-refractivity contribution in [3.05, 3.63) is 22.8 Å². The minimum Gasteiger partial charge on any atom is -0.0844 e. The first kappa shape index (κ1) is 27.4. The van der Waals surface area contributed by atoms with E-state index in [1.54, 1.807) is 0 Å². The highest BCUT2D eigenvalue weighted by Gasteiger charge is 2.42. The standard InChI is InChI=1S/C32H56P2/c1-21-13-14-22(2)31(21)29(32-23(3)15-16-24(32)4)11-9-10-12-30(33-25(5)17-18-26(33)6)34-27(7)19-20-28(34)8/h11-12,21-28,31-32H,9-10,13-20H2,1-8H3/t21-,22-,23-,24-,25+,26+,27+,28+/m0/s1. The maximum Gasteiger partial charge on any atom is -0.0149 e. The second-order valence-electron chi connectivity index (χ2n) is 13.3. The molecule has 0 aromatic heterocycles. The summed E-state index contributed by atoms with van der Waals surface area (Å²) in [5.41, 5.74) is 5.76. The van der Waals surface area contributed by atoms with Crippen LogP contribution in [0.25, 0.3) is 0 Å². The highest BCUT2D eigenvalue weighted by molar-refractivity contribution is 7.83. The molecule has 4 aliphatic rings. The van der Waals surface area contributed by atoms with Crippen LogP contribution < -0.4 is 0 Å². The Hall–Kier alpha value is 0.340. The average molecular weight is 503 g/mol. The third kappa shape index (κ3) is 5.60. The van der Waals surface area contributed by atoms with Crippen molar-refractivity contribution in [2.75, 3.05) is 0 Å². The second kappa shape index (κ2) is 11.8. The first-order chi connectivity index (χ1) is 16.2. The zero-order valence-corrected chi connectivity index (χ0v) is 25.7. The van der Waals surface area contributed by atoms with Crippen molar-refractivity contribution in [2.45, 2.75) is 142 Å². The zero-order valence-electron chi connectivity index (χ0n) is 23.9. The molecule has 0 unspecified atom stereocenters. The largest absolute Gasteiger partial charge is 0.0844 e. The van der Waals surface area contributed by atoms with E-state index in [0.29, 0.717) is 0 Å². The molecule has 0 aromatic carbocycles. The normalized spacial score (nSPS) is 40.4. The molecule has 34 heavy (non-hydrogen) atoms. The molecular weight excluding hydrogens is 446 g/mol. The molecule has 8 atom stereocenters. The van der Waals surface area contributed by atoms with E-state index in [-0.39, 0.29) is 15.8 Å². The zero-order chi connectivity index (χ0) is 24.6. The van der Waals surface area contributed by atoms with E-state index in [1.165, 1.54) is 64.2 Å². The van der Waals surface area contributed by atoms with Crippen molar-refractivity contribution in [3.63, 3.8) is 0 Å². The van der Waals surface area contributed by atoms with Gasteiger partial charge in [0.2, 0.25) is 0 Å². The lowest BCUT2D eigenvalue weighted by atomic mass is 9.72. The van der Waals surface area contributed by atoms with Crippen molar-refractivity contribution < 1.29 is 0 Å². The summed E-state index contributed by atoms with van der Waals surface area (Å²) in [7, 11) is 0.192. The third-order valence-electron chi connectivity index (χ3n) is 10.7. The first-order valence-electron chi connectivity index (χ1n) is 15.2. The fourth-order valence-electron chi connectivity index (χ4n) is 8.80. The van der Waals surface area contributed by atoms with Crippen LogP contribution in [0.15, 0.2) is 22.8 Å². The van der Waals surface area contributed by atoms with E-state index in [2.05, 4.69) is 67.5 Å². The van der Waals surface area contributed by atoms with E-state index >= 15 is 0 Å². The lowest BCUT2D eigenvalue weighted by Gasteiger charge is -2.34. The molecule has 4 fully saturated rings. The second-order valence-corrected chi connectivity index (χ2v) is 19.8. The van der Waals surface area contributed by atoms with Crippen LogP contribution in [0.2, 0.25) is 0 Å². The van der Waals surface area contributed by atoms with Gasteiger partial charge in [0.05, 0.1) is 0 Å². The van der Waals surface area contributed by atoms with Crippen LogP contribution in [0.1, 0.15) is 120 Å². The highest BCUT2D eigenvalue weighted by atomic mass is 31.2. The Morgan fingerprint density at radius 1 is 0.500 bits per heavy atom. The fraction of sp³-hybridized carbons (Fsp3) is 0.875. The van der Waals surface area contributed by atoms with Crippen LogP contribution in [0.3, 0.4) is 0 Å². The van der Waals surface area contributed by atoms with Crippen molar-refractivity contribution in [1.29, 1.82) is 0 Å². The van der Waals surface area contributed by atoms with Gasteiger partial charge in [-0.05, 0) is 127 Å². The summed E-state index contributed by atoms with van der Waals surface area (Å²) in [6, 6.07) is 0. The van der Waals surface area contributed by atoms with Gasteiger partial charge in [-0.25, -0.2) is 0 Å². The maximum absolute atomic E-state index is 2.85. The minimum atomic E-state index is 0.0960. The molecule has 2 heterocycles. The van der Waals surface area contributed by atoms with E-state index in [4.69, 9.17) is 0 Å². The molecular formula is C32H56P2. The fourth-order valence-corrected chi connectivity index (χ4v) is 18.2. The topological polar surface area (TPSA) is 0 Å². The Morgan fingerprint density at radius 3 is 1.18 bits per heavy atom. The minimum absolute atomic E-state index is 0.0960. The summed E-state index contributed by atoms with van der Waals surface area (Å²) in [5, 5.41) is 2.03. The molecule has 4 rings (SSSR count). The molecule has 0 spiro atoms. The highest BCUT2D eigenvalue weighted by Crippen LogP contribution is 2.75. The molecule has 0 bridgehead atoms. The molecule has 2 saturated carbocycles. The Morgan fingerprint density at radius 2 is 0.824 bits per heavy atom. The van der Waals surface area contributed by atoms with E-state index < -0.39 is 0 Å². The lowest BCUT2D eigenvalue weighted by molar-refractivity contribution is 0.304. The van der Waals surface area contributed by atoms with Gasteiger partial charge in [-0.15, -0.1) is 0 Å². The van der Waals surface area contributed by atoms with E-state index in [9.17, 15) is 0 Å². The quantitative estimate of drug-likeness (QED) is 0.184. The first-order valence-corrected chi connectivity index (χ1v) is 18.1. The number of unbranched alkanes of at least 4 members (excludes halogenated alkanes) is 1. The van der Waals surface area contributed by atoms with Crippen molar-refractivity contribution in [3.8, 4) is 0 Å². The van der Waals surface area contributed by atoms with Gasteiger partial charge in [-0.3, -0.25) is 0 Å². The number of rotatable bonds is 7. The van der Waals surface area contributed by atoms with Crippen LogP contribution >= 0.6 is 15.8 Å². The molecule has 2 heteroatoms. The average Bonchev–Trinajstić information content (AvgIpc) is 3.51. The van der Waals surface area contributed by atoms with Crippen LogP contribution in [-0.2, 0) is 0 Å². The molecule has 2 saturated heterocycles. The summed E-state index contributed by atoms with van der Waals surface area (Å²) < 4.78 is 0. The Bertz CT molecular complexity index is 583. The number of allylic oxidation sites excluding steroid dienone is 3. The van der Waals surface area contributed by atoms with E-state index in [1.807, 2.05) is 10.6 Å². The van der Waals surface area contributed by atoms with Crippen LogP contribution in [0.4, 0.5) is 0 Å². The molecule has 194 valence electrons. The Balaban J connectivity index is 1.57. The van der Waals surface area contributed by atoms with Gasteiger partial charge >= 0.3 is 0 Å². The van der Waals surface area contributed by atoms with Crippen molar-refractivity contribution >= 4 is 15.8 Å². The summed E-state index contributed by atoms with van der Waals surface area (Å²) in [6.45, 7) is 20.6. The van der Waals surface area contributed by atoms with Crippen LogP contribution in [0, 0.1) is 35.5 Å². The molecule has 0 N–H and O–H groups in total. The summed E-state index contributed by atoms with van der Waals surface area (Å²) >= 11 is 0.